The van der Waals surface area contributed by atoms with E-state index in [4.69, 9.17) is 14.2 Å². The topological polar surface area (TPSA) is 27.7 Å². The van der Waals surface area contributed by atoms with Crippen LogP contribution in [0.2, 0.25) is 0 Å². The number of hydrogen-bond donors (Lipinski definition) is 0. The third kappa shape index (κ3) is 7.87. The second-order valence-corrected chi connectivity index (χ2v) is 7.02. The van der Waals surface area contributed by atoms with Gasteiger partial charge >= 0.3 is 0 Å². The Labute approximate surface area is 135 Å². The monoisotopic (exact) mass is 318 g/mol. The zero-order chi connectivity index (χ0) is 15.3. The van der Waals surface area contributed by atoms with E-state index in [1.54, 1.807) is 0 Å². The highest BCUT2D eigenvalue weighted by atomic mass is 32.2. The lowest BCUT2D eigenvalue weighted by Crippen LogP contribution is -2.37. The van der Waals surface area contributed by atoms with Gasteiger partial charge in [-0.15, -0.1) is 0 Å². The van der Waals surface area contributed by atoms with Gasteiger partial charge in [0.1, 0.15) is 0 Å². The Hall–Kier alpha value is 0.230. The van der Waals surface area contributed by atoms with E-state index in [2.05, 4.69) is 20.8 Å². The summed E-state index contributed by atoms with van der Waals surface area (Å²) in [6, 6.07) is 0. The van der Waals surface area contributed by atoms with Crippen molar-refractivity contribution in [3.05, 3.63) is 0 Å². The molecule has 1 aliphatic heterocycles. The first-order chi connectivity index (χ1) is 10.3. The summed E-state index contributed by atoms with van der Waals surface area (Å²) in [6.07, 6.45) is 7.43. The minimum atomic E-state index is 0.208. The molecule has 1 rings (SSSR count). The molecule has 0 bridgehead atoms. The second-order valence-electron chi connectivity index (χ2n) is 5.75. The molecule has 4 heteroatoms. The number of rotatable bonds is 13. The molecular weight excluding hydrogens is 284 g/mol. The van der Waals surface area contributed by atoms with Gasteiger partial charge in [0.25, 0.3) is 0 Å². The zero-order valence-corrected chi connectivity index (χ0v) is 15.0. The Morgan fingerprint density at radius 2 is 1.48 bits per heavy atom. The van der Waals surface area contributed by atoms with Crippen molar-refractivity contribution >= 4 is 11.8 Å². The lowest BCUT2D eigenvalue weighted by atomic mass is 10.1. The molecule has 1 fully saturated rings. The molecule has 0 aromatic rings. The molecule has 3 nitrogen and oxygen atoms in total. The average molecular weight is 319 g/mol. The second kappa shape index (κ2) is 12.7. The predicted molar refractivity (Wildman–Crippen MR) is 91.3 cm³/mol. The van der Waals surface area contributed by atoms with Gasteiger partial charge in [0, 0.05) is 25.6 Å². The molecule has 0 spiro atoms. The van der Waals surface area contributed by atoms with E-state index >= 15 is 0 Å². The summed E-state index contributed by atoms with van der Waals surface area (Å²) in [5.41, 5.74) is 0. The molecule has 126 valence electrons. The van der Waals surface area contributed by atoms with Gasteiger partial charge in [0.05, 0.1) is 24.1 Å². The third-order valence-electron chi connectivity index (χ3n) is 3.77. The van der Waals surface area contributed by atoms with E-state index in [1.165, 1.54) is 19.3 Å². The molecule has 0 aromatic carbocycles. The highest BCUT2D eigenvalue weighted by molar-refractivity contribution is 8.00. The van der Waals surface area contributed by atoms with Gasteiger partial charge in [-0.3, -0.25) is 0 Å². The molecule has 0 aromatic heterocycles. The van der Waals surface area contributed by atoms with Gasteiger partial charge in [-0.05, 0) is 19.3 Å². The number of ether oxygens (including phenoxy) is 3. The van der Waals surface area contributed by atoms with E-state index in [0.717, 1.165) is 51.4 Å². The van der Waals surface area contributed by atoms with Crippen molar-refractivity contribution in [1.29, 1.82) is 0 Å². The molecule has 1 heterocycles. The van der Waals surface area contributed by atoms with Crippen molar-refractivity contribution in [2.45, 2.75) is 76.8 Å². The van der Waals surface area contributed by atoms with Crippen LogP contribution in [-0.2, 0) is 14.2 Å². The number of unbranched alkanes of at least 4 members (excludes halogenated alkanes) is 3. The van der Waals surface area contributed by atoms with Crippen molar-refractivity contribution in [2.75, 3.05) is 32.2 Å². The fraction of sp³-hybridized carbons (Fsp3) is 1.00. The van der Waals surface area contributed by atoms with Gasteiger partial charge in [-0.2, -0.15) is 11.8 Å². The average Bonchev–Trinajstić information content (AvgIpc) is 2.87. The molecule has 3 atom stereocenters. The summed E-state index contributed by atoms with van der Waals surface area (Å²) in [7, 11) is 0. The van der Waals surface area contributed by atoms with E-state index in [1.807, 2.05) is 11.8 Å². The highest BCUT2D eigenvalue weighted by Crippen LogP contribution is 2.32. The normalized spacial score (nSPS) is 25.6. The van der Waals surface area contributed by atoms with Gasteiger partial charge in [0.2, 0.25) is 0 Å². The molecule has 2 unspecified atom stereocenters. The molecular formula is C17H34O3S. The lowest BCUT2D eigenvalue weighted by molar-refractivity contribution is -0.0656. The van der Waals surface area contributed by atoms with Gasteiger partial charge < -0.3 is 14.2 Å². The Bertz CT molecular complexity index is 238. The van der Waals surface area contributed by atoms with Crippen LogP contribution in [0.25, 0.3) is 0 Å². The Morgan fingerprint density at radius 1 is 0.857 bits per heavy atom. The van der Waals surface area contributed by atoms with Crippen molar-refractivity contribution < 1.29 is 14.2 Å². The van der Waals surface area contributed by atoms with Gasteiger partial charge in [-0.25, -0.2) is 0 Å². The quantitative estimate of drug-likeness (QED) is 0.474. The standard InChI is InChI=1S/C17H34O3S/c1-4-7-10-18-13-16-17(20-12-9-6-3)15(14-21-16)19-11-8-5-2/h15-17H,4-14H2,1-3H3/t15?,16-,17?/m1/s1. The smallest absolute Gasteiger partial charge is 0.0985 e. The maximum Gasteiger partial charge on any atom is 0.0985 e. The molecule has 0 amide bonds. The third-order valence-corrected chi connectivity index (χ3v) is 5.12. The Balaban J connectivity index is 2.36. The highest BCUT2D eigenvalue weighted by Gasteiger charge is 2.38. The van der Waals surface area contributed by atoms with E-state index < -0.39 is 0 Å². The molecule has 0 saturated carbocycles. The van der Waals surface area contributed by atoms with Crippen LogP contribution in [0.15, 0.2) is 0 Å². The van der Waals surface area contributed by atoms with Crippen LogP contribution in [0.1, 0.15) is 59.3 Å². The summed E-state index contributed by atoms with van der Waals surface area (Å²) in [5.74, 6) is 1.04. The van der Waals surface area contributed by atoms with Crippen molar-refractivity contribution in [3.8, 4) is 0 Å². The number of hydrogen-bond acceptors (Lipinski definition) is 4. The molecule has 21 heavy (non-hydrogen) atoms. The first-order valence-electron chi connectivity index (χ1n) is 8.75. The first kappa shape index (κ1) is 19.3. The molecule has 0 aliphatic carbocycles. The van der Waals surface area contributed by atoms with Crippen LogP contribution in [0.5, 0.6) is 0 Å². The zero-order valence-electron chi connectivity index (χ0n) is 14.1. The van der Waals surface area contributed by atoms with Crippen LogP contribution in [0.3, 0.4) is 0 Å². The lowest BCUT2D eigenvalue weighted by Gasteiger charge is -2.24. The van der Waals surface area contributed by atoms with Crippen LogP contribution in [-0.4, -0.2) is 49.6 Å². The summed E-state index contributed by atoms with van der Waals surface area (Å²) >= 11 is 1.96. The molecule has 0 radical (unpaired) electrons. The fourth-order valence-corrected chi connectivity index (χ4v) is 3.70. The maximum atomic E-state index is 6.13. The van der Waals surface area contributed by atoms with Crippen molar-refractivity contribution in [1.82, 2.24) is 0 Å². The van der Waals surface area contributed by atoms with Crippen molar-refractivity contribution in [3.63, 3.8) is 0 Å². The van der Waals surface area contributed by atoms with Crippen LogP contribution in [0.4, 0.5) is 0 Å². The van der Waals surface area contributed by atoms with E-state index in [9.17, 15) is 0 Å². The summed E-state index contributed by atoms with van der Waals surface area (Å²) in [6.45, 7) is 9.98. The minimum Gasteiger partial charge on any atom is -0.380 e. The van der Waals surface area contributed by atoms with E-state index in [-0.39, 0.29) is 12.2 Å². The van der Waals surface area contributed by atoms with Crippen LogP contribution in [0, 0.1) is 0 Å². The molecule has 1 saturated heterocycles. The summed E-state index contributed by atoms with van der Waals surface area (Å²) < 4.78 is 18.0. The van der Waals surface area contributed by atoms with Crippen LogP contribution < -0.4 is 0 Å². The van der Waals surface area contributed by atoms with Crippen molar-refractivity contribution in [2.24, 2.45) is 0 Å². The minimum absolute atomic E-state index is 0.208. The summed E-state index contributed by atoms with van der Waals surface area (Å²) in [5, 5.41) is 0.435. The molecule has 0 N–H and O–H groups in total. The van der Waals surface area contributed by atoms with Crippen LogP contribution >= 0.6 is 11.8 Å². The van der Waals surface area contributed by atoms with Gasteiger partial charge in [0.15, 0.2) is 0 Å². The summed E-state index contributed by atoms with van der Waals surface area (Å²) in [4.78, 5) is 0. The van der Waals surface area contributed by atoms with Gasteiger partial charge in [-0.1, -0.05) is 40.0 Å². The Morgan fingerprint density at radius 3 is 2.14 bits per heavy atom. The molecule has 1 aliphatic rings. The predicted octanol–water partition coefficient (Wildman–Crippen LogP) is 4.29. The maximum absolute atomic E-state index is 6.13. The van der Waals surface area contributed by atoms with E-state index in [0.29, 0.717) is 5.25 Å². The number of thioether (sulfide) groups is 1. The fourth-order valence-electron chi connectivity index (χ4n) is 2.34. The Kier molecular flexibility index (Phi) is 11.7. The first-order valence-corrected chi connectivity index (χ1v) is 9.80. The largest absolute Gasteiger partial charge is 0.380 e. The SMILES string of the molecule is CCCCOC[C@H]1SCC(OCCCC)C1OCCCC.